The summed E-state index contributed by atoms with van der Waals surface area (Å²) in [6, 6.07) is 1.92. The van der Waals surface area contributed by atoms with Crippen molar-refractivity contribution in [2.24, 2.45) is 0 Å². The topological polar surface area (TPSA) is 58.3 Å². The first-order chi connectivity index (χ1) is 9.31. The first-order valence-corrected chi connectivity index (χ1v) is 7.52. The van der Waals surface area contributed by atoms with Crippen LogP contribution in [0.5, 0.6) is 0 Å². The molecule has 1 aliphatic carbocycles. The molecule has 0 aliphatic heterocycles. The van der Waals surface area contributed by atoms with Crippen molar-refractivity contribution >= 4 is 11.3 Å². The van der Waals surface area contributed by atoms with Crippen molar-refractivity contribution in [3.8, 4) is 10.6 Å². The molecule has 2 aromatic heterocycles. The van der Waals surface area contributed by atoms with Gasteiger partial charge in [-0.1, -0.05) is 12.8 Å². The Bertz CT molecular complexity index is 515. The van der Waals surface area contributed by atoms with E-state index in [0.29, 0.717) is 0 Å². The molecule has 0 amide bonds. The zero-order chi connectivity index (χ0) is 13.1. The van der Waals surface area contributed by atoms with E-state index in [9.17, 15) is 5.11 Å². The van der Waals surface area contributed by atoms with Crippen LogP contribution >= 0.6 is 11.3 Å². The van der Waals surface area contributed by atoms with Gasteiger partial charge in [-0.2, -0.15) is 0 Å². The Morgan fingerprint density at radius 1 is 1.42 bits per heavy atom. The largest absolute Gasteiger partial charge is 0.472 e. The number of nitrogens with one attached hydrogen (secondary N) is 1. The summed E-state index contributed by atoms with van der Waals surface area (Å²) < 4.78 is 5.07. The maximum Gasteiger partial charge on any atom is 0.126 e. The van der Waals surface area contributed by atoms with Gasteiger partial charge in [0.2, 0.25) is 0 Å². The van der Waals surface area contributed by atoms with Gasteiger partial charge >= 0.3 is 0 Å². The average Bonchev–Trinajstić information content (AvgIpc) is 3.17. The number of thiazole rings is 1. The lowest BCUT2D eigenvalue weighted by Gasteiger charge is -2.27. The van der Waals surface area contributed by atoms with E-state index in [2.05, 4.69) is 15.7 Å². The van der Waals surface area contributed by atoms with Crippen LogP contribution in [0.2, 0.25) is 0 Å². The second-order valence-corrected chi connectivity index (χ2v) is 6.01. The lowest BCUT2D eigenvalue weighted by Crippen LogP contribution is -2.45. The predicted octanol–water partition coefficient (Wildman–Crippen LogP) is 2.80. The van der Waals surface area contributed by atoms with Gasteiger partial charge in [-0.3, -0.25) is 0 Å². The summed E-state index contributed by atoms with van der Waals surface area (Å²) in [7, 11) is 0. The third-order valence-corrected chi connectivity index (χ3v) is 4.77. The molecule has 0 aromatic carbocycles. The van der Waals surface area contributed by atoms with Gasteiger partial charge in [-0.25, -0.2) is 4.98 Å². The Labute approximate surface area is 116 Å². The molecule has 1 saturated carbocycles. The van der Waals surface area contributed by atoms with Crippen LogP contribution in [-0.4, -0.2) is 22.2 Å². The summed E-state index contributed by atoms with van der Waals surface area (Å²) >= 11 is 1.62. The highest BCUT2D eigenvalue weighted by Gasteiger charge is 2.32. The fourth-order valence-corrected chi connectivity index (χ4v) is 3.43. The summed E-state index contributed by atoms with van der Waals surface area (Å²) in [6.07, 6.45) is 7.89. The highest BCUT2D eigenvalue weighted by Crippen LogP contribution is 2.30. The highest BCUT2D eigenvalue weighted by atomic mass is 32.1. The molecule has 0 spiro atoms. The van der Waals surface area contributed by atoms with Gasteiger partial charge in [0.25, 0.3) is 0 Å². The number of nitrogens with zero attached hydrogens (tertiary/aromatic N) is 1. The van der Waals surface area contributed by atoms with Gasteiger partial charge in [0.1, 0.15) is 11.3 Å². The molecule has 19 heavy (non-hydrogen) atoms. The minimum Gasteiger partial charge on any atom is -0.472 e. The van der Waals surface area contributed by atoms with Gasteiger partial charge in [0.15, 0.2) is 0 Å². The lowest BCUT2D eigenvalue weighted by atomic mass is 9.99. The number of hydrogen-bond acceptors (Lipinski definition) is 5. The molecule has 2 N–H and O–H groups in total. The third-order valence-electron chi connectivity index (χ3n) is 3.83. The zero-order valence-electron chi connectivity index (χ0n) is 10.8. The normalized spacial score (nSPS) is 17.9. The number of aromatic nitrogens is 1. The zero-order valence-corrected chi connectivity index (χ0v) is 11.6. The van der Waals surface area contributed by atoms with Crippen molar-refractivity contribution in [2.75, 3.05) is 6.61 Å². The fraction of sp³-hybridized carbons (Fsp3) is 0.500. The molecule has 3 rings (SSSR count). The molecular formula is C14H18N2O2S. The molecule has 0 saturated heterocycles. The number of hydrogen-bond donors (Lipinski definition) is 2. The van der Waals surface area contributed by atoms with Crippen molar-refractivity contribution in [1.82, 2.24) is 10.3 Å². The van der Waals surface area contributed by atoms with Gasteiger partial charge < -0.3 is 14.8 Å². The molecule has 4 nitrogen and oxygen atoms in total. The summed E-state index contributed by atoms with van der Waals surface area (Å²) in [5.74, 6) is 0. The quantitative estimate of drug-likeness (QED) is 0.883. The first kappa shape index (κ1) is 12.8. The summed E-state index contributed by atoms with van der Waals surface area (Å²) in [6.45, 7) is 0.931. The van der Waals surface area contributed by atoms with E-state index in [-0.39, 0.29) is 12.1 Å². The smallest absolute Gasteiger partial charge is 0.126 e. The second kappa shape index (κ2) is 5.45. The second-order valence-electron chi connectivity index (χ2n) is 5.16. The number of furan rings is 1. The Kier molecular flexibility index (Phi) is 3.68. The van der Waals surface area contributed by atoms with Crippen LogP contribution < -0.4 is 5.32 Å². The molecule has 0 radical (unpaired) electrons. The van der Waals surface area contributed by atoms with Crippen molar-refractivity contribution in [3.05, 3.63) is 29.7 Å². The molecule has 5 heteroatoms. The lowest BCUT2D eigenvalue weighted by molar-refractivity contribution is 0.162. The number of rotatable bonds is 5. The standard InChI is InChI=1S/C14H18N2O2S/c17-10-14(4-1-2-5-14)15-7-12-9-19-13(16-12)11-3-6-18-8-11/h3,6,8-9,15,17H,1-2,4-5,7,10H2. The maximum absolute atomic E-state index is 9.56. The minimum atomic E-state index is -0.0839. The van der Waals surface area contributed by atoms with Gasteiger partial charge in [0, 0.05) is 23.0 Å². The Hall–Kier alpha value is -1.17. The third kappa shape index (κ3) is 2.73. The molecule has 102 valence electrons. The van der Waals surface area contributed by atoms with Crippen LogP contribution in [0.1, 0.15) is 31.4 Å². The Balaban J connectivity index is 1.64. The van der Waals surface area contributed by atoms with E-state index < -0.39 is 0 Å². The fourth-order valence-electron chi connectivity index (χ4n) is 2.63. The van der Waals surface area contributed by atoms with E-state index >= 15 is 0 Å². The SMILES string of the molecule is OCC1(NCc2csc(-c3ccoc3)n2)CCCC1. The molecule has 1 fully saturated rings. The van der Waals surface area contributed by atoms with Crippen molar-refractivity contribution in [1.29, 1.82) is 0 Å². The summed E-state index contributed by atoms with van der Waals surface area (Å²) in [5.41, 5.74) is 1.97. The number of aliphatic hydroxyl groups is 1. The molecule has 2 aromatic rings. The summed E-state index contributed by atoms with van der Waals surface area (Å²) in [5, 5.41) is 16.1. The highest BCUT2D eigenvalue weighted by molar-refractivity contribution is 7.13. The minimum absolute atomic E-state index is 0.0839. The average molecular weight is 278 g/mol. The van der Waals surface area contributed by atoms with E-state index in [1.807, 2.05) is 6.07 Å². The van der Waals surface area contributed by atoms with Crippen LogP contribution in [0.25, 0.3) is 10.6 Å². The van der Waals surface area contributed by atoms with E-state index in [1.165, 1.54) is 12.8 Å². The van der Waals surface area contributed by atoms with Crippen molar-refractivity contribution < 1.29 is 9.52 Å². The van der Waals surface area contributed by atoms with E-state index in [0.717, 1.165) is 35.7 Å². The predicted molar refractivity (Wildman–Crippen MR) is 74.9 cm³/mol. The van der Waals surface area contributed by atoms with Crippen molar-refractivity contribution in [2.45, 2.75) is 37.8 Å². The summed E-state index contributed by atoms with van der Waals surface area (Å²) in [4.78, 5) is 4.59. The molecule has 1 aliphatic rings. The molecular weight excluding hydrogens is 260 g/mol. The van der Waals surface area contributed by atoms with Crippen LogP contribution in [0.3, 0.4) is 0 Å². The molecule has 0 unspecified atom stereocenters. The molecule has 2 heterocycles. The molecule has 0 atom stereocenters. The monoisotopic (exact) mass is 278 g/mol. The van der Waals surface area contributed by atoms with Crippen molar-refractivity contribution in [3.63, 3.8) is 0 Å². The van der Waals surface area contributed by atoms with Crippen LogP contribution in [0.4, 0.5) is 0 Å². The van der Waals surface area contributed by atoms with Crippen LogP contribution in [-0.2, 0) is 6.54 Å². The maximum atomic E-state index is 9.56. The van der Waals surface area contributed by atoms with Crippen LogP contribution in [0.15, 0.2) is 28.4 Å². The van der Waals surface area contributed by atoms with E-state index in [1.54, 1.807) is 23.9 Å². The first-order valence-electron chi connectivity index (χ1n) is 6.64. The van der Waals surface area contributed by atoms with Gasteiger partial charge in [0.05, 0.1) is 18.6 Å². The Morgan fingerprint density at radius 3 is 2.95 bits per heavy atom. The van der Waals surface area contributed by atoms with E-state index in [4.69, 9.17) is 4.42 Å². The Morgan fingerprint density at radius 2 is 2.26 bits per heavy atom. The molecule has 0 bridgehead atoms. The van der Waals surface area contributed by atoms with Gasteiger partial charge in [-0.15, -0.1) is 11.3 Å². The van der Waals surface area contributed by atoms with Gasteiger partial charge in [-0.05, 0) is 18.9 Å². The van der Waals surface area contributed by atoms with Crippen LogP contribution in [0, 0.1) is 0 Å². The number of aliphatic hydroxyl groups excluding tert-OH is 1.